The Labute approximate surface area is 162 Å². The molecule has 5 nitrogen and oxygen atoms in total. The molecule has 0 spiro atoms. The zero-order valence-electron chi connectivity index (χ0n) is 16.9. The van der Waals surface area contributed by atoms with E-state index in [1.165, 1.54) is 48.6 Å². The van der Waals surface area contributed by atoms with Crippen molar-refractivity contribution >= 4 is 16.9 Å². The van der Waals surface area contributed by atoms with E-state index in [4.69, 9.17) is 5.10 Å². The van der Waals surface area contributed by atoms with Gasteiger partial charge in [0.25, 0.3) is 0 Å². The van der Waals surface area contributed by atoms with Crippen LogP contribution in [0.4, 0.5) is 5.95 Å². The SMILES string of the molecule is CCN(CC)c1nnc(-c2cn(C)c3ccccc23)n1CC1CCCCC1. The van der Waals surface area contributed by atoms with Crippen LogP contribution in [-0.2, 0) is 13.6 Å². The van der Waals surface area contributed by atoms with Crippen molar-refractivity contribution in [2.24, 2.45) is 13.0 Å². The zero-order chi connectivity index (χ0) is 18.8. The summed E-state index contributed by atoms with van der Waals surface area (Å²) in [5.74, 6) is 2.77. The van der Waals surface area contributed by atoms with Crippen molar-refractivity contribution in [1.82, 2.24) is 19.3 Å². The highest BCUT2D eigenvalue weighted by Gasteiger charge is 2.23. The van der Waals surface area contributed by atoms with Crippen LogP contribution >= 0.6 is 0 Å². The first kappa shape index (κ1) is 18.1. The van der Waals surface area contributed by atoms with Gasteiger partial charge in [-0.15, -0.1) is 10.2 Å². The summed E-state index contributed by atoms with van der Waals surface area (Å²) in [6.07, 6.45) is 8.96. The quantitative estimate of drug-likeness (QED) is 0.626. The molecular weight excluding hydrogens is 334 g/mol. The topological polar surface area (TPSA) is 38.9 Å². The van der Waals surface area contributed by atoms with Crippen LogP contribution in [0.1, 0.15) is 46.0 Å². The van der Waals surface area contributed by atoms with Gasteiger partial charge in [-0.25, -0.2) is 0 Å². The van der Waals surface area contributed by atoms with E-state index in [9.17, 15) is 0 Å². The van der Waals surface area contributed by atoms with Gasteiger partial charge in [-0.3, -0.25) is 4.57 Å². The summed E-state index contributed by atoms with van der Waals surface area (Å²) < 4.78 is 4.59. The number of para-hydroxylation sites is 1. The number of aryl methyl sites for hydroxylation is 1. The van der Waals surface area contributed by atoms with Crippen LogP contribution in [0.25, 0.3) is 22.3 Å². The predicted molar refractivity (Wildman–Crippen MR) is 112 cm³/mol. The van der Waals surface area contributed by atoms with Crippen LogP contribution in [0.15, 0.2) is 30.5 Å². The summed E-state index contributed by atoms with van der Waals surface area (Å²) >= 11 is 0. The Kier molecular flexibility index (Phi) is 5.19. The maximum absolute atomic E-state index is 4.69. The second-order valence-corrected chi connectivity index (χ2v) is 7.78. The first-order valence-electron chi connectivity index (χ1n) is 10.5. The molecule has 0 atom stereocenters. The molecule has 0 aliphatic heterocycles. The van der Waals surface area contributed by atoms with Gasteiger partial charge in [-0.1, -0.05) is 37.5 Å². The molecule has 1 fully saturated rings. The highest BCUT2D eigenvalue weighted by atomic mass is 15.4. The van der Waals surface area contributed by atoms with Gasteiger partial charge >= 0.3 is 0 Å². The van der Waals surface area contributed by atoms with Crippen LogP contribution in [0.2, 0.25) is 0 Å². The van der Waals surface area contributed by atoms with Gasteiger partial charge in [0.2, 0.25) is 5.95 Å². The molecule has 0 amide bonds. The molecule has 0 unspecified atom stereocenters. The number of rotatable bonds is 6. The molecule has 2 aromatic heterocycles. The van der Waals surface area contributed by atoms with E-state index in [0.717, 1.165) is 37.3 Å². The normalized spacial score (nSPS) is 15.5. The average Bonchev–Trinajstić information content (AvgIpc) is 3.25. The molecule has 144 valence electrons. The Morgan fingerprint density at radius 3 is 2.52 bits per heavy atom. The van der Waals surface area contributed by atoms with Crippen LogP contribution in [0.5, 0.6) is 0 Å². The molecule has 1 saturated carbocycles. The van der Waals surface area contributed by atoms with Crippen LogP contribution in [0.3, 0.4) is 0 Å². The minimum Gasteiger partial charge on any atom is -0.350 e. The summed E-state index contributed by atoms with van der Waals surface area (Å²) in [6.45, 7) is 7.32. The van der Waals surface area contributed by atoms with Gasteiger partial charge in [-0.2, -0.15) is 0 Å². The van der Waals surface area contributed by atoms with E-state index in [2.05, 4.69) is 70.5 Å². The average molecular weight is 366 g/mol. The first-order valence-corrected chi connectivity index (χ1v) is 10.5. The van der Waals surface area contributed by atoms with Gasteiger partial charge in [0, 0.05) is 49.3 Å². The highest BCUT2D eigenvalue weighted by molar-refractivity contribution is 5.94. The molecule has 3 aromatic rings. The van der Waals surface area contributed by atoms with Crippen molar-refractivity contribution < 1.29 is 0 Å². The Balaban J connectivity index is 1.81. The smallest absolute Gasteiger partial charge is 0.227 e. The molecule has 2 heterocycles. The van der Waals surface area contributed by atoms with Crippen molar-refractivity contribution in [3.05, 3.63) is 30.5 Å². The number of fused-ring (bicyclic) bond motifs is 1. The summed E-state index contributed by atoms with van der Waals surface area (Å²) in [5.41, 5.74) is 2.43. The number of hydrogen-bond donors (Lipinski definition) is 0. The maximum Gasteiger partial charge on any atom is 0.227 e. The van der Waals surface area contributed by atoms with Gasteiger partial charge in [-0.05, 0) is 38.7 Å². The van der Waals surface area contributed by atoms with Gasteiger partial charge in [0.1, 0.15) is 0 Å². The van der Waals surface area contributed by atoms with Crippen LogP contribution in [-0.4, -0.2) is 32.4 Å². The van der Waals surface area contributed by atoms with Crippen molar-refractivity contribution in [1.29, 1.82) is 0 Å². The summed E-state index contributed by atoms with van der Waals surface area (Å²) in [7, 11) is 2.11. The second-order valence-electron chi connectivity index (χ2n) is 7.78. The molecular formula is C22H31N5. The minimum atomic E-state index is 0.734. The molecule has 0 radical (unpaired) electrons. The number of anilines is 1. The number of aromatic nitrogens is 4. The lowest BCUT2D eigenvalue weighted by Gasteiger charge is -2.26. The molecule has 0 N–H and O–H groups in total. The van der Waals surface area contributed by atoms with Gasteiger partial charge in [0.15, 0.2) is 5.82 Å². The Hall–Kier alpha value is -2.30. The summed E-state index contributed by atoms with van der Waals surface area (Å²) in [4.78, 5) is 2.32. The zero-order valence-corrected chi connectivity index (χ0v) is 16.9. The van der Waals surface area contributed by atoms with E-state index >= 15 is 0 Å². The molecule has 5 heteroatoms. The van der Waals surface area contributed by atoms with E-state index in [0.29, 0.717) is 0 Å². The summed E-state index contributed by atoms with van der Waals surface area (Å²) in [5, 5.41) is 10.6. The van der Waals surface area contributed by atoms with Crippen molar-refractivity contribution in [2.45, 2.75) is 52.5 Å². The standard InChI is InChI=1S/C22H31N5/c1-4-26(5-2)22-24-23-21(27(22)15-17-11-7-6-8-12-17)19-16-25(3)20-14-10-9-13-18(19)20/h9-10,13-14,16-17H,4-8,11-12,15H2,1-3H3. The Morgan fingerprint density at radius 2 is 1.78 bits per heavy atom. The molecule has 4 rings (SSSR count). The largest absolute Gasteiger partial charge is 0.350 e. The van der Waals surface area contributed by atoms with Gasteiger partial charge < -0.3 is 9.47 Å². The van der Waals surface area contributed by atoms with Crippen molar-refractivity contribution in [3.8, 4) is 11.4 Å². The molecule has 1 aliphatic rings. The molecule has 1 aromatic carbocycles. The second kappa shape index (κ2) is 7.75. The first-order chi connectivity index (χ1) is 13.2. The van der Waals surface area contributed by atoms with Crippen LogP contribution in [0, 0.1) is 5.92 Å². The third kappa shape index (κ3) is 3.35. The third-order valence-corrected chi connectivity index (χ3v) is 6.08. The van der Waals surface area contributed by atoms with E-state index in [1.54, 1.807) is 0 Å². The van der Waals surface area contributed by atoms with E-state index in [1.807, 2.05) is 0 Å². The van der Waals surface area contributed by atoms with E-state index in [-0.39, 0.29) is 0 Å². The van der Waals surface area contributed by atoms with Crippen LogP contribution < -0.4 is 4.90 Å². The fourth-order valence-electron chi connectivity index (χ4n) is 4.55. The molecule has 1 aliphatic carbocycles. The monoisotopic (exact) mass is 365 g/mol. The lowest BCUT2D eigenvalue weighted by molar-refractivity contribution is 0.320. The highest BCUT2D eigenvalue weighted by Crippen LogP contribution is 2.33. The molecule has 27 heavy (non-hydrogen) atoms. The fraction of sp³-hybridized carbons (Fsp3) is 0.545. The summed E-state index contributed by atoms with van der Waals surface area (Å²) in [6, 6.07) is 8.58. The number of hydrogen-bond acceptors (Lipinski definition) is 3. The van der Waals surface area contributed by atoms with Crippen molar-refractivity contribution in [2.75, 3.05) is 18.0 Å². The maximum atomic E-state index is 4.69. The predicted octanol–water partition coefficient (Wildman–Crippen LogP) is 4.86. The minimum absolute atomic E-state index is 0.734. The Bertz CT molecular complexity index is 897. The van der Waals surface area contributed by atoms with Crippen molar-refractivity contribution in [3.63, 3.8) is 0 Å². The third-order valence-electron chi connectivity index (χ3n) is 6.08. The number of benzene rings is 1. The Morgan fingerprint density at radius 1 is 1.04 bits per heavy atom. The lowest BCUT2D eigenvalue weighted by atomic mass is 9.89. The fourth-order valence-corrected chi connectivity index (χ4v) is 4.55. The molecule has 0 saturated heterocycles. The number of nitrogens with zero attached hydrogens (tertiary/aromatic N) is 5. The lowest BCUT2D eigenvalue weighted by Crippen LogP contribution is -2.27. The van der Waals surface area contributed by atoms with Gasteiger partial charge in [0.05, 0.1) is 0 Å². The molecule has 0 bridgehead atoms. The van der Waals surface area contributed by atoms with E-state index < -0.39 is 0 Å².